The lowest BCUT2D eigenvalue weighted by Crippen LogP contribution is -2.65. The smallest absolute Gasteiger partial charge is 0.394 e. The number of nitrogens with one attached hydrogen (secondary N) is 1. The van der Waals surface area contributed by atoms with E-state index in [-0.39, 0.29) is 18.2 Å². The summed E-state index contributed by atoms with van der Waals surface area (Å²) in [6.07, 6.45) is -2.06. The summed E-state index contributed by atoms with van der Waals surface area (Å²) >= 11 is 0. The van der Waals surface area contributed by atoms with Crippen LogP contribution < -0.4 is 5.32 Å². The summed E-state index contributed by atoms with van der Waals surface area (Å²) in [4.78, 5) is 5.83. The lowest BCUT2D eigenvalue weighted by Gasteiger charge is -2.47. The Kier molecular flexibility index (Phi) is 5.85. The van der Waals surface area contributed by atoms with Crippen molar-refractivity contribution in [2.45, 2.75) is 37.6 Å². The Hall–Kier alpha value is -1.22. The molecule has 2 N–H and O–H groups in total. The molecule has 0 radical (unpaired) electrons. The Labute approximate surface area is 139 Å². The summed E-state index contributed by atoms with van der Waals surface area (Å²) in [7, 11) is 1.89. The Balaban J connectivity index is 2.14. The van der Waals surface area contributed by atoms with Gasteiger partial charge in [0.05, 0.1) is 30.9 Å². The predicted molar refractivity (Wildman–Crippen MR) is 83.5 cm³/mol. The van der Waals surface area contributed by atoms with Crippen molar-refractivity contribution in [2.24, 2.45) is 0 Å². The third-order valence-electron chi connectivity index (χ3n) is 4.79. The lowest BCUT2D eigenvalue weighted by atomic mass is 9.94. The van der Waals surface area contributed by atoms with Gasteiger partial charge >= 0.3 is 6.18 Å². The van der Waals surface area contributed by atoms with E-state index >= 15 is 0 Å². The zero-order valence-corrected chi connectivity index (χ0v) is 14.1. The maximum Gasteiger partial charge on any atom is 0.416 e. The minimum Gasteiger partial charge on any atom is -0.394 e. The van der Waals surface area contributed by atoms with Crippen molar-refractivity contribution < 1.29 is 23.0 Å². The summed E-state index contributed by atoms with van der Waals surface area (Å²) in [5.74, 6) is 0. The van der Waals surface area contributed by atoms with Gasteiger partial charge in [-0.15, -0.1) is 0 Å². The maximum atomic E-state index is 13.1. The standard InChI is InChI=1S/C16H24F3N3O2/c1-11-7-24-10-15(9-23,22(11)3)8-21-12(2)13-6-20-5-4-14(13)16(17,18)19/h4-6,11-12,21,23H,7-10H2,1-3H3/t11-,12?,15+/m1/s1. The highest BCUT2D eigenvalue weighted by Gasteiger charge is 2.41. The first kappa shape index (κ1) is 19.1. The van der Waals surface area contributed by atoms with E-state index < -0.39 is 23.3 Å². The number of aliphatic hydroxyl groups is 1. The Bertz CT molecular complexity index is 556. The van der Waals surface area contributed by atoms with Gasteiger partial charge in [0, 0.05) is 31.0 Å². The fourth-order valence-corrected chi connectivity index (χ4v) is 2.95. The van der Waals surface area contributed by atoms with Crippen molar-refractivity contribution in [3.05, 3.63) is 29.6 Å². The molecule has 24 heavy (non-hydrogen) atoms. The lowest BCUT2D eigenvalue weighted by molar-refractivity contribution is -0.138. The van der Waals surface area contributed by atoms with Gasteiger partial charge < -0.3 is 15.2 Å². The number of halogens is 3. The van der Waals surface area contributed by atoms with Crippen LogP contribution in [0.2, 0.25) is 0 Å². The average molecular weight is 347 g/mol. The van der Waals surface area contributed by atoms with E-state index in [0.29, 0.717) is 19.8 Å². The molecule has 1 saturated heterocycles. The third-order valence-corrected chi connectivity index (χ3v) is 4.79. The Morgan fingerprint density at radius 2 is 2.25 bits per heavy atom. The quantitative estimate of drug-likeness (QED) is 0.851. The number of nitrogens with zero attached hydrogens (tertiary/aromatic N) is 2. The van der Waals surface area contributed by atoms with Crippen molar-refractivity contribution >= 4 is 0 Å². The third kappa shape index (κ3) is 3.88. The van der Waals surface area contributed by atoms with Gasteiger partial charge in [0.1, 0.15) is 0 Å². The molecule has 1 fully saturated rings. The number of aliphatic hydroxyl groups excluding tert-OH is 1. The second-order valence-electron chi connectivity index (χ2n) is 6.42. The van der Waals surface area contributed by atoms with E-state index in [4.69, 9.17) is 4.74 Å². The first-order valence-electron chi connectivity index (χ1n) is 7.87. The molecule has 2 rings (SSSR count). The number of ether oxygens (including phenoxy) is 1. The molecule has 8 heteroatoms. The SMILES string of the molecule is CC(NC[C@]1(CO)COC[C@@H](C)N1C)c1cnccc1C(F)(F)F. The van der Waals surface area contributed by atoms with Gasteiger partial charge in [0.25, 0.3) is 0 Å². The van der Waals surface area contributed by atoms with Gasteiger partial charge in [-0.2, -0.15) is 13.2 Å². The summed E-state index contributed by atoms with van der Waals surface area (Å²) in [6, 6.07) is 0.532. The van der Waals surface area contributed by atoms with Crippen LogP contribution in [0.5, 0.6) is 0 Å². The van der Waals surface area contributed by atoms with Crippen molar-refractivity contribution in [3.63, 3.8) is 0 Å². The van der Waals surface area contributed by atoms with Crippen LogP contribution in [-0.4, -0.2) is 60.0 Å². The minimum absolute atomic E-state index is 0.0884. The summed E-state index contributed by atoms with van der Waals surface area (Å²) in [5.41, 5.74) is -1.27. The molecule has 0 aromatic carbocycles. The molecule has 1 unspecified atom stereocenters. The number of aromatic nitrogens is 1. The van der Waals surface area contributed by atoms with Crippen LogP contribution in [0.25, 0.3) is 0 Å². The van der Waals surface area contributed by atoms with Crippen molar-refractivity contribution in [1.29, 1.82) is 0 Å². The first-order chi connectivity index (χ1) is 11.2. The zero-order chi connectivity index (χ0) is 18.0. The topological polar surface area (TPSA) is 57.6 Å². The van der Waals surface area contributed by atoms with Crippen LogP contribution in [0, 0.1) is 0 Å². The highest BCUT2D eigenvalue weighted by atomic mass is 19.4. The van der Waals surface area contributed by atoms with Gasteiger partial charge in [-0.1, -0.05) is 0 Å². The van der Waals surface area contributed by atoms with Crippen LogP contribution in [0.3, 0.4) is 0 Å². The fraction of sp³-hybridized carbons (Fsp3) is 0.688. The molecule has 0 bridgehead atoms. The summed E-state index contributed by atoms with van der Waals surface area (Å²) < 4.78 is 44.9. The van der Waals surface area contributed by atoms with Gasteiger partial charge in [-0.25, -0.2) is 0 Å². The fourth-order valence-electron chi connectivity index (χ4n) is 2.95. The number of hydrogen-bond acceptors (Lipinski definition) is 5. The molecule has 0 spiro atoms. The molecule has 1 aliphatic rings. The summed E-state index contributed by atoms with van der Waals surface area (Å²) in [6.45, 7) is 4.68. The number of hydrogen-bond donors (Lipinski definition) is 2. The van der Waals surface area contributed by atoms with Crippen LogP contribution in [0.4, 0.5) is 13.2 Å². The van der Waals surface area contributed by atoms with Crippen molar-refractivity contribution in [2.75, 3.05) is 33.4 Å². The van der Waals surface area contributed by atoms with Crippen LogP contribution in [0.1, 0.15) is 31.0 Å². The van der Waals surface area contributed by atoms with Gasteiger partial charge in [-0.3, -0.25) is 9.88 Å². The number of morpholine rings is 1. The Morgan fingerprint density at radius 3 is 2.88 bits per heavy atom. The molecule has 1 aliphatic heterocycles. The van der Waals surface area contributed by atoms with Gasteiger partial charge in [0.2, 0.25) is 0 Å². The van der Waals surface area contributed by atoms with E-state index in [1.165, 1.54) is 6.20 Å². The van der Waals surface area contributed by atoms with Crippen LogP contribution >= 0.6 is 0 Å². The molecule has 5 nitrogen and oxygen atoms in total. The monoisotopic (exact) mass is 347 g/mol. The molecule has 0 amide bonds. The molecule has 1 aromatic rings. The molecule has 3 atom stereocenters. The minimum atomic E-state index is -4.43. The van der Waals surface area contributed by atoms with E-state index in [9.17, 15) is 18.3 Å². The largest absolute Gasteiger partial charge is 0.416 e. The second-order valence-corrected chi connectivity index (χ2v) is 6.42. The van der Waals surface area contributed by atoms with Crippen molar-refractivity contribution in [1.82, 2.24) is 15.2 Å². The van der Waals surface area contributed by atoms with E-state index in [2.05, 4.69) is 10.3 Å². The molecule has 0 saturated carbocycles. The molecule has 1 aromatic heterocycles. The molecule has 0 aliphatic carbocycles. The normalized spacial score (nSPS) is 27.2. The number of likely N-dealkylation sites (N-methyl/N-ethyl adjacent to an activating group) is 1. The highest BCUT2D eigenvalue weighted by molar-refractivity contribution is 5.29. The average Bonchev–Trinajstić information content (AvgIpc) is 2.55. The van der Waals surface area contributed by atoms with E-state index in [0.717, 1.165) is 12.3 Å². The molecule has 2 heterocycles. The predicted octanol–water partition coefficient (Wildman–Crippen LogP) is 1.83. The first-order valence-corrected chi connectivity index (χ1v) is 7.87. The number of rotatable bonds is 5. The van der Waals surface area contributed by atoms with Crippen molar-refractivity contribution in [3.8, 4) is 0 Å². The van der Waals surface area contributed by atoms with Gasteiger partial charge in [0.15, 0.2) is 0 Å². The van der Waals surface area contributed by atoms with Crippen LogP contribution in [0.15, 0.2) is 18.5 Å². The highest BCUT2D eigenvalue weighted by Crippen LogP contribution is 2.34. The Morgan fingerprint density at radius 1 is 1.54 bits per heavy atom. The van der Waals surface area contributed by atoms with Gasteiger partial charge in [-0.05, 0) is 32.5 Å². The number of alkyl halides is 3. The summed E-state index contributed by atoms with van der Waals surface area (Å²) in [5, 5.41) is 12.9. The molecule has 136 valence electrons. The molecular formula is C16H24F3N3O2. The van der Waals surface area contributed by atoms with E-state index in [1.807, 2.05) is 18.9 Å². The maximum absolute atomic E-state index is 13.1. The zero-order valence-electron chi connectivity index (χ0n) is 14.1. The molecular weight excluding hydrogens is 323 g/mol. The van der Waals surface area contributed by atoms with E-state index in [1.54, 1.807) is 6.92 Å². The number of pyridine rings is 1. The van der Waals surface area contributed by atoms with Crippen LogP contribution in [-0.2, 0) is 10.9 Å². The second kappa shape index (κ2) is 7.35.